The summed E-state index contributed by atoms with van der Waals surface area (Å²) in [4.78, 5) is 12.5. The van der Waals surface area contributed by atoms with E-state index < -0.39 is 5.92 Å². The molecule has 0 fully saturated rings. The highest BCUT2D eigenvalue weighted by molar-refractivity contribution is 6.31. The summed E-state index contributed by atoms with van der Waals surface area (Å²) in [6.07, 6.45) is 0. The molecule has 0 bridgehead atoms. The number of carbonyl (C=O) groups is 1. The predicted octanol–water partition coefficient (Wildman–Crippen LogP) is 4.23. The highest BCUT2D eigenvalue weighted by atomic mass is 35.5. The first-order valence-corrected chi connectivity index (χ1v) is 6.96. The third-order valence-electron chi connectivity index (χ3n) is 3.06. The fraction of sp³-hybridized carbons (Fsp3) is 0.176. The van der Waals surface area contributed by atoms with Crippen molar-refractivity contribution < 1.29 is 9.53 Å². The molecule has 2 rings (SSSR count). The summed E-state index contributed by atoms with van der Waals surface area (Å²) < 4.78 is 5.33. The number of nitriles is 1. The number of nitrogens with zero attached hydrogens (tertiary/aromatic N) is 1. The largest absolute Gasteiger partial charge is 0.494 e. The molecule has 0 aliphatic carbocycles. The third-order valence-corrected chi connectivity index (χ3v) is 3.40. The highest BCUT2D eigenvalue weighted by Crippen LogP contribution is 2.27. The first kappa shape index (κ1) is 15.1. The van der Waals surface area contributed by atoms with Gasteiger partial charge in [0.15, 0.2) is 5.78 Å². The van der Waals surface area contributed by atoms with Gasteiger partial charge in [0.2, 0.25) is 0 Å². The van der Waals surface area contributed by atoms with Crippen molar-refractivity contribution in [2.45, 2.75) is 12.8 Å². The molecule has 2 aromatic carbocycles. The number of hydrogen-bond donors (Lipinski definition) is 0. The van der Waals surface area contributed by atoms with E-state index in [4.69, 9.17) is 16.3 Å². The Labute approximate surface area is 128 Å². The SMILES string of the molecule is CCOc1ccc(C(=O)C(C#N)c2ccccc2Cl)cc1. The van der Waals surface area contributed by atoms with Gasteiger partial charge >= 0.3 is 0 Å². The topological polar surface area (TPSA) is 50.1 Å². The molecule has 0 aromatic heterocycles. The van der Waals surface area contributed by atoms with E-state index in [-0.39, 0.29) is 5.78 Å². The molecule has 21 heavy (non-hydrogen) atoms. The second-order valence-electron chi connectivity index (χ2n) is 4.41. The molecule has 0 amide bonds. The van der Waals surface area contributed by atoms with Crippen LogP contribution in [0.5, 0.6) is 5.75 Å². The Hall–Kier alpha value is -2.31. The standard InChI is InChI=1S/C17H14ClNO2/c1-2-21-13-9-7-12(8-10-13)17(20)15(11-19)14-5-3-4-6-16(14)18/h3-10,15H,2H2,1H3. The number of halogens is 1. The summed E-state index contributed by atoms with van der Waals surface area (Å²) in [5.41, 5.74) is 0.991. The molecule has 1 unspecified atom stereocenters. The number of Topliss-reactive ketones (excluding diaryl/α,β-unsaturated/α-hetero) is 1. The van der Waals surface area contributed by atoms with Gasteiger partial charge in [-0.05, 0) is 42.8 Å². The van der Waals surface area contributed by atoms with E-state index in [9.17, 15) is 10.1 Å². The molecule has 2 aromatic rings. The van der Waals surface area contributed by atoms with Crippen LogP contribution in [0.3, 0.4) is 0 Å². The van der Waals surface area contributed by atoms with Crippen LogP contribution in [0, 0.1) is 11.3 Å². The second-order valence-corrected chi connectivity index (χ2v) is 4.81. The molecule has 0 aliphatic heterocycles. The number of ketones is 1. The maximum Gasteiger partial charge on any atom is 0.184 e. The van der Waals surface area contributed by atoms with Crippen LogP contribution < -0.4 is 4.74 Å². The fourth-order valence-corrected chi connectivity index (χ4v) is 2.27. The first-order valence-electron chi connectivity index (χ1n) is 6.58. The van der Waals surface area contributed by atoms with Gasteiger partial charge in [0.05, 0.1) is 12.7 Å². The number of hydrogen-bond acceptors (Lipinski definition) is 3. The van der Waals surface area contributed by atoms with Crippen molar-refractivity contribution in [2.24, 2.45) is 0 Å². The summed E-state index contributed by atoms with van der Waals surface area (Å²) in [5, 5.41) is 9.74. The predicted molar refractivity (Wildman–Crippen MR) is 81.7 cm³/mol. The smallest absolute Gasteiger partial charge is 0.184 e. The van der Waals surface area contributed by atoms with E-state index >= 15 is 0 Å². The zero-order chi connectivity index (χ0) is 15.2. The van der Waals surface area contributed by atoms with E-state index in [2.05, 4.69) is 0 Å². The molecule has 0 spiro atoms. The zero-order valence-electron chi connectivity index (χ0n) is 11.5. The molecule has 0 radical (unpaired) electrons. The van der Waals surface area contributed by atoms with Crippen molar-refractivity contribution >= 4 is 17.4 Å². The maximum atomic E-state index is 12.5. The second kappa shape index (κ2) is 6.92. The van der Waals surface area contributed by atoms with Gasteiger partial charge in [0.25, 0.3) is 0 Å². The van der Waals surface area contributed by atoms with Crippen LogP contribution in [-0.2, 0) is 0 Å². The Bertz CT molecular complexity index is 674. The highest BCUT2D eigenvalue weighted by Gasteiger charge is 2.23. The van der Waals surface area contributed by atoms with Crippen LogP contribution in [0.1, 0.15) is 28.8 Å². The summed E-state index contributed by atoms with van der Waals surface area (Å²) in [7, 11) is 0. The fourth-order valence-electron chi connectivity index (χ4n) is 2.03. The minimum Gasteiger partial charge on any atom is -0.494 e. The molecule has 106 valence electrons. The van der Waals surface area contributed by atoms with Crippen LogP contribution in [0.25, 0.3) is 0 Å². The summed E-state index contributed by atoms with van der Waals surface area (Å²) in [6, 6.07) is 15.7. The zero-order valence-corrected chi connectivity index (χ0v) is 12.3. The normalized spacial score (nSPS) is 11.5. The minimum absolute atomic E-state index is 0.270. The lowest BCUT2D eigenvalue weighted by molar-refractivity contribution is 0.0979. The van der Waals surface area contributed by atoms with Crippen molar-refractivity contribution in [1.82, 2.24) is 0 Å². The van der Waals surface area contributed by atoms with Gasteiger partial charge in [0, 0.05) is 10.6 Å². The van der Waals surface area contributed by atoms with Crippen molar-refractivity contribution in [3.05, 3.63) is 64.7 Å². The van der Waals surface area contributed by atoms with Gasteiger partial charge in [-0.2, -0.15) is 5.26 Å². The lowest BCUT2D eigenvalue weighted by Gasteiger charge is -2.11. The Morgan fingerprint density at radius 3 is 2.48 bits per heavy atom. The Balaban J connectivity index is 2.29. The Morgan fingerprint density at radius 2 is 1.90 bits per heavy atom. The number of benzene rings is 2. The van der Waals surface area contributed by atoms with Crippen LogP contribution in [0.4, 0.5) is 0 Å². The van der Waals surface area contributed by atoms with Crippen molar-refractivity contribution in [1.29, 1.82) is 5.26 Å². The number of ether oxygens (including phenoxy) is 1. The van der Waals surface area contributed by atoms with E-state index in [1.807, 2.05) is 13.0 Å². The molecule has 0 N–H and O–H groups in total. The molecule has 4 heteroatoms. The average Bonchev–Trinajstić information content (AvgIpc) is 2.51. The number of carbonyl (C=O) groups excluding carboxylic acids is 1. The summed E-state index contributed by atoms with van der Waals surface area (Å²) in [5.74, 6) is -0.481. The van der Waals surface area contributed by atoms with Gasteiger partial charge in [-0.1, -0.05) is 29.8 Å². The molecule has 0 heterocycles. The monoisotopic (exact) mass is 299 g/mol. The van der Waals surface area contributed by atoms with Gasteiger partial charge in [-0.3, -0.25) is 4.79 Å². The van der Waals surface area contributed by atoms with Crippen molar-refractivity contribution in [3.8, 4) is 11.8 Å². The van der Waals surface area contributed by atoms with E-state index in [1.165, 1.54) is 0 Å². The van der Waals surface area contributed by atoms with Gasteiger partial charge in [0.1, 0.15) is 11.7 Å². The Morgan fingerprint density at radius 1 is 1.24 bits per heavy atom. The summed E-state index contributed by atoms with van der Waals surface area (Å²) in [6.45, 7) is 2.45. The van der Waals surface area contributed by atoms with Gasteiger partial charge in [-0.15, -0.1) is 0 Å². The molecule has 0 saturated heterocycles. The van der Waals surface area contributed by atoms with Crippen LogP contribution >= 0.6 is 11.6 Å². The quantitative estimate of drug-likeness (QED) is 0.776. The molecule has 3 nitrogen and oxygen atoms in total. The molecule has 1 atom stereocenters. The maximum absolute atomic E-state index is 12.5. The lowest BCUT2D eigenvalue weighted by atomic mass is 9.92. The third kappa shape index (κ3) is 3.42. The van der Waals surface area contributed by atoms with E-state index in [1.54, 1.807) is 48.5 Å². The molecular formula is C17H14ClNO2. The molecule has 0 aliphatic rings. The van der Waals surface area contributed by atoms with Gasteiger partial charge in [-0.25, -0.2) is 0 Å². The van der Waals surface area contributed by atoms with Gasteiger partial charge < -0.3 is 4.74 Å². The van der Waals surface area contributed by atoms with Crippen LogP contribution in [0.15, 0.2) is 48.5 Å². The average molecular weight is 300 g/mol. The van der Waals surface area contributed by atoms with Crippen LogP contribution in [0.2, 0.25) is 5.02 Å². The van der Waals surface area contributed by atoms with E-state index in [0.717, 1.165) is 0 Å². The number of rotatable bonds is 5. The lowest BCUT2D eigenvalue weighted by Crippen LogP contribution is -2.11. The molecular weight excluding hydrogens is 286 g/mol. The first-order chi connectivity index (χ1) is 10.2. The van der Waals surface area contributed by atoms with Crippen LogP contribution in [-0.4, -0.2) is 12.4 Å². The minimum atomic E-state index is -0.906. The summed E-state index contributed by atoms with van der Waals surface area (Å²) >= 11 is 6.07. The molecule has 0 saturated carbocycles. The van der Waals surface area contributed by atoms with E-state index in [0.29, 0.717) is 28.5 Å². The van der Waals surface area contributed by atoms with Crippen molar-refractivity contribution in [3.63, 3.8) is 0 Å². The Kier molecular flexibility index (Phi) is 4.97. The van der Waals surface area contributed by atoms with Crippen molar-refractivity contribution in [2.75, 3.05) is 6.61 Å².